The second-order valence-corrected chi connectivity index (χ2v) is 6.40. The number of rotatable bonds is 9. The Labute approximate surface area is 144 Å². The maximum atomic E-state index is 12.0. The predicted octanol–water partition coefficient (Wildman–Crippen LogP) is 0.792. The van der Waals surface area contributed by atoms with E-state index in [0.29, 0.717) is 19.7 Å². The van der Waals surface area contributed by atoms with Crippen LogP contribution >= 0.6 is 0 Å². The van der Waals surface area contributed by atoms with Crippen LogP contribution in [0.25, 0.3) is 0 Å². The first kappa shape index (κ1) is 18.7. The first-order valence-corrected chi connectivity index (χ1v) is 8.58. The Hall–Kier alpha value is -1.63. The van der Waals surface area contributed by atoms with Crippen molar-refractivity contribution in [2.24, 2.45) is 5.73 Å². The molecular weight excluding hydrogens is 306 g/mol. The number of hydrogen-bond donors (Lipinski definition) is 2. The minimum Gasteiger partial charge on any atom is -0.492 e. The standard InChI is InChI=1S/C18H29N3O3/c1-21(2)11-12-23-15-5-3-14(4-6-15)9-10-20-18(22)17-8-7-16(13-19)24-17/h3-6,16-17H,7-13,19H2,1-2H3,(H,20,22)/t16-,17+/m1/s1. The number of ether oxygens (including phenoxy) is 2. The maximum Gasteiger partial charge on any atom is 0.249 e. The van der Waals surface area contributed by atoms with Crippen molar-refractivity contribution >= 4 is 5.91 Å². The Bertz CT molecular complexity index is 505. The highest BCUT2D eigenvalue weighted by Gasteiger charge is 2.29. The molecule has 0 unspecified atom stereocenters. The molecule has 2 atom stereocenters. The molecule has 1 aromatic carbocycles. The number of nitrogens with one attached hydrogen (secondary N) is 1. The van der Waals surface area contributed by atoms with Gasteiger partial charge in [0.15, 0.2) is 0 Å². The quantitative estimate of drug-likeness (QED) is 0.698. The molecule has 1 aromatic rings. The van der Waals surface area contributed by atoms with Crippen molar-refractivity contribution in [1.82, 2.24) is 10.2 Å². The number of carbonyl (C=O) groups is 1. The number of nitrogens with two attached hydrogens (primary N) is 1. The minimum atomic E-state index is -0.342. The van der Waals surface area contributed by atoms with Crippen molar-refractivity contribution in [3.63, 3.8) is 0 Å². The number of benzene rings is 1. The van der Waals surface area contributed by atoms with Gasteiger partial charge in [0.05, 0.1) is 6.10 Å². The molecule has 1 saturated heterocycles. The summed E-state index contributed by atoms with van der Waals surface area (Å²) in [5.74, 6) is 0.839. The van der Waals surface area contributed by atoms with Gasteiger partial charge in [0.2, 0.25) is 5.91 Å². The number of amides is 1. The van der Waals surface area contributed by atoms with Gasteiger partial charge in [-0.2, -0.15) is 0 Å². The molecule has 0 saturated carbocycles. The lowest BCUT2D eigenvalue weighted by molar-refractivity contribution is -0.131. The molecule has 6 heteroatoms. The average Bonchev–Trinajstić information content (AvgIpc) is 3.05. The van der Waals surface area contributed by atoms with Gasteiger partial charge in [0, 0.05) is 19.6 Å². The zero-order valence-electron chi connectivity index (χ0n) is 14.7. The molecule has 134 valence electrons. The molecular formula is C18H29N3O3. The van der Waals surface area contributed by atoms with Crippen molar-refractivity contribution in [1.29, 1.82) is 0 Å². The molecule has 0 aliphatic carbocycles. The molecule has 1 amide bonds. The normalized spacial score (nSPS) is 20.3. The van der Waals surface area contributed by atoms with Gasteiger partial charge in [-0.1, -0.05) is 12.1 Å². The lowest BCUT2D eigenvalue weighted by Crippen LogP contribution is -2.36. The van der Waals surface area contributed by atoms with Gasteiger partial charge in [-0.25, -0.2) is 0 Å². The van der Waals surface area contributed by atoms with E-state index in [9.17, 15) is 4.79 Å². The molecule has 1 aliphatic rings. The molecule has 3 N–H and O–H groups in total. The number of likely N-dealkylation sites (N-methyl/N-ethyl adjacent to an activating group) is 1. The van der Waals surface area contributed by atoms with E-state index in [0.717, 1.165) is 31.6 Å². The second kappa shape index (κ2) is 9.61. The minimum absolute atomic E-state index is 0.0285. The van der Waals surface area contributed by atoms with Crippen LogP contribution in [0.4, 0.5) is 0 Å². The molecule has 2 rings (SSSR count). The third kappa shape index (κ3) is 6.11. The van der Waals surface area contributed by atoms with Crippen LogP contribution in [0, 0.1) is 0 Å². The second-order valence-electron chi connectivity index (χ2n) is 6.40. The summed E-state index contributed by atoms with van der Waals surface area (Å²) < 4.78 is 11.3. The van der Waals surface area contributed by atoms with Gasteiger partial charge in [0.25, 0.3) is 0 Å². The Morgan fingerprint density at radius 1 is 1.33 bits per heavy atom. The van der Waals surface area contributed by atoms with Crippen molar-refractivity contribution in [3.8, 4) is 5.75 Å². The molecule has 6 nitrogen and oxygen atoms in total. The number of hydrogen-bond acceptors (Lipinski definition) is 5. The summed E-state index contributed by atoms with van der Waals surface area (Å²) in [4.78, 5) is 14.1. The van der Waals surface area contributed by atoms with Gasteiger partial charge >= 0.3 is 0 Å². The zero-order valence-corrected chi connectivity index (χ0v) is 14.7. The predicted molar refractivity (Wildman–Crippen MR) is 94.2 cm³/mol. The molecule has 24 heavy (non-hydrogen) atoms. The Morgan fingerprint density at radius 3 is 2.71 bits per heavy atom. The van der Waals surface area contributed by atoms with Crippen LogP contribution in [-0.2, 0) is 16.0 Å². The number of nitrogens with zero attached hydrogens (tertiary/aromatic N) is 1. The molecule has 0 bridgehead atoms. The first-order chi connectivity index (χ1) is 11.6. The summed E-state index contributed by atoms with van der Waals surface area (Å²) in [7, 11) is 4.04. The van der Waals surface area contributed by atoms with E-state index >= 15 is 0 Å². The van der Waals surface area contributed by atoms with Gasteiger partial charge in [-0.15, -0.1) is 0 Å². The molecule has 0 spiro atoms. The highest BCUT2D eigenvalue weighted by Crippen LogP contribution is 2.18. The summed E-state index contributed by atoms with van der Waals surface area (Å²) in [6, 6.07) is 8.01. The fourth-order valence-corrected chi connectivity index (χ4v) is 2.61. The van der Waals surface area contributed by atoms with Crippen molar-refractivity contribution in [3.05, 3.63) is 29.8 Å². The van der Waals surface area contributed by atoms with E-state index in [2.05, 4.69) is 10.2 Å². The Morgan fingerprint density at radius 2 is 2.08 bits per heavy atom. The van der Waals surface area contributed by atoms with Crippen LogP contribution in [0.3, 0.4) is 0 Å². The third-order valence-electron chi connectivity index (χ3n) is 4.11. The van der Waals surface area contributed by atoms with E-state index in [-0.39, 0.29) is 18.1 Å². The van der Waals surface area contributed by atoms with Crippen LogP contribution < -0.4 is 15.8 Å². The average molecular weight is 335 g/mol. The highest BCUT2D eigenvalue weighted by atomic mass is 16.5. The maximum absolute atomic E-state index is 12.0. The van der Waals surface area contributed by atoms with Gasteiger partial charge < -0.3 is 25.4 Å². The lowest BCUT2D eigenvalue weighted by Gasteiger charge is -2.13. The van der Waals surface area contributed by atoms with Crippen molar-refractivity contribution < 1.29 is 14.3 Å². The SMILES string of the molecule is CN(C)CCOc1ccc(CCNC(=O)[C@@H]2CC[C@H](CN)O2)cc1. The van der Waals surface area contributed by atoms with Crippen LogP contribution in [0.5, 0.6) is 5.75 Å². The summed E-state index contributed by atoms with van der Waals surface area (Å²) in [5.41, 5.74) is 6.73. The fraction of sp³-hybridized carbons (Fsp3) is 0.611. The van der Waals surface area contributed by atoms with Crippen LogP contribution in [-0.4, -0.2) is 63.4 Å². The molecule has 1 aliphatic heterocycles. The summed E-state index contributed by atoms with van der Waals surface area (Å²) in [6.45, 7) is 2.65. The monoisotopic (exact) mass is 335 g/mol. The molecule has 1 heterocycles. The van der Waals surface area contributed by atoms with E-state index in [1.807, 2.05) is 38.4 Å². The summed E-state index contributed by atoms with van der Waals surface area (Å²) in [5, 5.41) is 2.94. The Balaban J connectivity index is 1.66. The highest BCUT2D eigenvalue weighted by molar-refractivity contribution is 5.81. The fourth-order valence-electron chi connectivity index (χ4n) is 2.61. The van der Waals surface area contributed by atoms with E-state index in [1.165, 1.54) is 5.56 Å². The van der Waals surface area contributed by atoms with E-state index in [4.69, 9.17) is 15.2 Å². The van der Waals surface area contributed by atoms with Gasteiger partial charge in [-0.3, -0.25) is 4.79 Å². The lowest BCUT2D eigenvalue weighted by atomic mass is 10.1. The third-order valence-corrected chi connectivity index (χ3v) is 4.11. The van der Waals surface area contributed by atoms with E-state index in [1.54, 1.807) is 0 Å². The zero-order chi connectivity index (χ0) is 17.4. The Kier molecular flexibility index (Phi) is 7.49. The number of carbonyl (C=O) groups excluding carboxylic acids is 1. The summed E-state index contributed by atoms with van der Waals surface area (Å²) >= 11 is 0. The van der Waals surface area contributed by atoms with Crippen molar-refractivity contribution in [2.75, 3.05) is 40.3 Å². The first-order valence-electron chi connectivity index (χ1n) is 8.58. The van der Waals surface area contributed by atoms with Crippen LogP contribution in [0.2, 0.25) is 0 Å². The smallest absolute Gasteiger partial charge is 0.249 e. The van der Waals surface area contributed by atoms with E-state index < -0.39 is 0 Å². The molecule has 1 fully saturated rings. The largest absolute Gasteiger partial charge is 0.492 e. The van der Waals surface area contributed by atoms with Gasteiger partial charge in [0.1, 0.15) is 18.5 Å². The van der Waals surface area contributed by atoms with Gasteiger partial charge in [-0.05, 0) is 51.1 Å². The molecule has 0 aromatic heterocycles. The molecule has 0 radical (unpaired) electrons. The van der Waals surface area contributed by atoms with Crippen molar-refractivity contribution in [2.45, 2.75) is 31.5 Å². The van der Waals surface area contributed by atoms with Crippen LogP contribution in [0.1, 0.15) is 18.4 Å². The van der Waals surface area contributed by atoms with Crippen LogP contribution in [0.15, 0.2) is 24.3 Å². The topological polar surface area (TPSA) is 76.8 Å². The summed E-state index contributed by atoms with van der Waals surface area (Å²) in [6.07, 6.45) is 2.10.